The number of aromatic nitrogens is 2. The average molecular weight is 423 g/mol. The van der Waals surface area contributed by atoms with Crippen LogP contribution in [0.5, 0.6) is 5.75 Å². The normalized spacial score (nSPS) is 19.2. The van der Waals surface area contributed by atoms with E-state index in [0.29, 0.717) is 38.4 Å². The fourth-order valence-electron chi connectivity index (χ4n) is 3.38. The van der Waals surface area contributed by atoms with Gasteiger partial charge in [0, 0.05) is 32.1 Å². The minimum absolute atomic E-state index is 0.00887. The Morgan fingerprint density at radius 1 is 1.21 bits per heavy atom. The maximum absolute atomic E-state index is 13.3. The zero-order valence-electron chi connectivity index (χ0n) is 15.6. The summed E-state index contributed by atoms with van der Waals surface area (Å²) in [6.07, 6.45) is 0.475. The van der Waals surface area contributed by atoms with Gasteiger partial charge in [0.15, 0.2) is 23.1 Å². The van der Waals surface area contributed by atoms with Gasteiger partial charge in [0.2, 0.25) is 5.91 Å². The van der Waals surface area contributed by atoms with Crippen LogP contribution in [0.15, 0.2) is 18.2 Å². The van der Waals surface area contributed by atoms with Gasteiger partial charge < -0.3 is 19.9 Å². The van der Waals surface area contributed by atoms with Crippen molar-refractivity contribution in [1.29, 1.82) is 0 Å². The van der Waals surface area contributed by atoms with Crippen LogP contribution in [0.25, 0.3) is 0 Å². The summed E-state index contributed by atoms with van der Waals surface area (Å²) < 4.78 is 40.2. The number of carbonyl (C=O) groups is 2. The van der Waals surface area contributed by atoms with Gasteiger partial charge in [0.1, 0.15) is 11.9 Å². The molecule has 1 atom stereocenters. The highest BCUT2D eigenvalue weighted by atomic mass is 32.1. The molecule has 4 rings (SSSR count). The van der Waals surface area contributed by atoms with Crippen molar-refractivity contribution in [3.63, 3.8) is 0 Å². The second-order valence-corrected chi connectivity index (χ2v) is 7.61. The van der Waals surface area contributed by atoms with Gasteiger partial charge in [-0.2, -0.15) is 8.75 Å². The van der Waals surface area contributed by atoms with Crippen LogP contribution in [0.4, 0.5) is 14.6 Å². The summed E-state index contributed by atoms with van der Waals surface area (Å²) in [7, 11) is 0. The molecule has 1 aromatic heterocycles. The Labute approximate surface area is 169 Å². The number of carbonyl (C=O) groups excluding carboxylic acids is 2. The minimum Gasteiger partial charge on any atom is -0.487 e. The van der Waals surface area contributed by atoms with Gasteiger partial charge >= 0.3 is 0 Å². The number of hydrogen-bond acceptors (Lipinski definition) is 7. The minimum atomic E-state index is -0.961. The fourth-order valence-corrected chi connectivity index (χ4v) is 3.95. The number of nitrogens with one attached hydrogen (secondary N) is 1. The maximum Gasteiger partial charge on any atom is 0.275 e. The molecule has 154 valence electrons. The lowest BCUT2D eigenvalue weighted by Crippen LogP contribution is -2.54. The average Bonchev–Trinajstić information content (AvgIpc) is 3.30. The molecule has 0 bridgehead atoms. The van der Waals surface area contributed by atoms with Crippen LogP contribution < -0.4 is 15.0 Å². The standard InChI is InChI=1S/C18H19F2N5O3S/c1-10(26)24-5-4-11(7-24)21-18(27)16-17(23-29-22-16)25-8-13(9-25)28-12-2-3-14(19)15(20)6-12/h2-3,6,11,13H,4-5,7-9H2,1H3,(H,21,27). The smallest absolute Gasteiger partial charge is 0.275 e. The summed E-state index contributed by atoms with van der Waals surface area (Å²) in [6, 6.07) is 3.29. The molecule has 1 N–H and O–H groups in total. The first-order chi connectivity index (χ1) is 13.9. The van der Waals surface area contributed by atoms with Crippen LogP contribution in [-0.4, -0.2) is 63.8 Å². The predicted octanol–water partition coefficient (Wildman–Crippen LogP) is 1.43. The highest BCUT2D eigenvalue weighted by Gasteiger charge is 2.35. The molecule has 0 radical (unpaired) electrons. The Bertz CT molecular complexity index is 934. The summed E-state index contributed by atoms with van der Waals surface area (Å²) in [5, 5.41) is 2.91. The van der Waals surface area contributed by atoms with E-state index >= 15 is 0 Å². The third-order valence-corrected chi connectivity index (χ3v) is 5.52. The highest BCUT2D eigenvalue weighted by molar-refractivity contribution is 6.99. The molecule has 2 amide bonds. The van der Waals surface area contributed by atoms with Crippen molar-refractivity contribution in [2.45, 2.75) is 25.5 Å². The van der Waals surface area contributed by atoms with Crippen LogP contribution in [0.3, 0.4) is 0 Å². The van der Waals surface area contributed by atoms with E-state index < -0.39 is 11.6 Å². The van der Waals surface area contributed by atoms with Gasteiger partial charge in [0.05, 0.1) is 24.8 Å². The first-order valence-electron chi connectivity index (χ1n) is 9.16. The summed E-state index contributed by atoms with van der Waals surface area (Å²) >= 11 is 0.945. The first-order valence-corrected chi connectivity index (χ1v) is 9.89. The summed E-state index contributed by atoms with van der Waals surface area (Å²) in [5.74, 6) is -1.50. The SMILES string of the molecule is CC(=O)N1CCC(NC(=O)c2nsnc2N2CC(Oc3ccc(F)c(F)c3)C2)C1. The van der Waals surface area contributed by atoms with E-state index in [0.717, 1.165) is 23.9 Å². The van der Waals surface area contributed by atoms with Gasteiger partial charge in [-0.1, -0.05) is 0 Å². The van der Waals surface area contributed by atoms with E-state index in [1.165, 1.54) is 13.0 Å². The van der Waals surface area contributed by atoms with Crippen LogP contribution >= 0.6 is 11.7 Å². The number of rotatable bonds is 5. The molecule has 2 aliphatic heterocycles. The van der Waals surface area contributed by atoms with Gasteiger partial charge in [-0.15, -0.1) is 0 Å². The Kier molecular flexibility index (Phi) is 5.31. The zero-order chi connectivity index (χ0) is 20.5. The Morgan fingerprint density at radius 2 is 2.00 bits per heavy atom. The molecule has 3 heterocycles. The van der Waals surface area contributed by atoms with Gasteiger partial charge in [-0.25, -0.2) is 8.78 Å². The summed E-state index contributed by atoms with van der Waals surface area (Å²) in [6.45, 7) is 3.52. The fraction of sp³-hybridized carbons (Fsp3) is 0.444. The quantitative estimate of drug-likeness (QED) is 0.783. The van der Waals surface area contributed by atoms with Crippen LogP contribution in [0.1, 0.15) is 23.8 Å². The molecular formula is C18H19F2N5O3S. The van der Waals surface area contributed by atoms with Crippen LogP contribution in [-0.2, 0) is 4.79 Å². The number of halogens is 2. The molecular weight excluding hydrogens is 404 g/mol. The molecule has 8 nitrogen and oxygen atoms in total. The van der Waals surface area contributed by atoms with Crippen molar-refractivity contribution in [3.05, 3.63) is 35.5 Å². The lowest BCUT2D eigenvalue weighted by atomic mass is 10.1. The third-order valence-electron chi connectivity index (χ3n) is 5.00. The summed E-state index contributed by atoms with van der Waals surface area (Å²) in [5.41, 5.74) is 0.238. The summed E-state index contributed by atoms with van der Waals surface area (Å²) in [4.78, 5) is 27.6. The van der Waals surface area contributed by atoms with Crippen molar-refractivity contribution < 1.29 is 23.1 Å². The van der Waals surface area contributed by atoms with E-state index in [4.69, 9.17) is 4.74 Å². The topological polar surface area (TPSA) is 87.7 Å². The van der Waals surface area contributed by atoms with Gasteiger partial charge in [-0.3, -0.25) is 9.59 Å². The van der Waals surface area contributed by atoms with E-state index in [9.17, 15) is 18.4 Å². The molecule has 2 fully saturated rings. The third kappa shape index (κ3) is 4.14. The maximum atomic E-state index is 13.3. The Morgan fingerprint density at radius 3 is 2.69 bits per heavy atom. The van der Waals surface area contributed by atoms with Crippen molar-refractivity contribution in [1.82, 2.24) is 19.0 Å². The van der Waals surface area contributed by atoms with E-state index in [1.54, 1.807) is 4.90 Å². The van der Waals surface area contributed by atoms with E-state index in [2.05, 4.69) is 14.1 Å². The number of nitrogens with zero attached hydrogens (tertiary/aromatic N) is 4. The second-order valence-electron chi connectivity index (χ2n) is 7.08. The van der Waals surface area contributed by atoms with Crippen molar-refractivity contribution in [2.75, 3.05) is 31.1 Å². The van der Waals surface area contributed by atoms with Crippen molar-refractivity contribution in [3.8, 4) is 5.75 Å². The number of likely N-dealkylation sites (tertiary alicyclic amines) is 1. The monoisotopic (exact) mass is 423 g/mol. The Balaban J connectivity index is 1.32. The van der Waals surface area contributed by atoms with E-state index in [1.807, 2.05) is 4.90 Å². The molecule has 1 unspecified atom stereocenters. The number of amides is 2. The molecule has 0 aliphatic carbocycles. The molecule has 2 aromatic rings. The zero-order valence-corrected chi connectivity index (χ0v) is 16.4. The highest BCUT2D eigenvalue weighted by Crippen LogP contribution is 2.27. The number of ether oxygens (including phenoxy) is 1. The van der Waals surface area contributed by atoms with Gasteiger partial charge in [0.25, 0.3) is 5.91 Å². The Hall–Kier alpha value is -2.82. The molecule has 0 spiro atoms. The first kappa shape index (κ1) is 19.5. The molecule has 29 heavy (non-hydrogen) atoms. The number of anilines is 1. The number of hydrogen-bond donors (Lipinski definition) is 1. The molecule has 0 saturated carbocycles. The molecule has 1 aromatic carbocycles. The van der Waals surface area contributed by atoms with Crippen LogP contribution in [0.2, 0.25) is 0 Å². The molecule has 11 heteroatoms. The molecule has 2 aliphatic rings. The van der Waals surface area contributed by atoms with Crippen molar-refractivity contribution in [2.24, 2.45) is 0 Å². The lowest BCUT2D eigenvalue weighted by molar-refractivity contribution is -0.127. The van der Waals surface area contributed by atoms with E-state index in [-0.39, 0.29) is 35.4 Å². The second kappa shape index (κ2) is 7.90. The largest absolute Gasteiger partial charge is 0.487 e. The molecule has 2 saturated heterocycles. The van der Waals surface area contributed by atoms with Gasteiger partial charge in [-0.05, 0) is 18.6 Å². The number of benzene rings is 1. The van der Waals surface area contributed by atoms with Crippen LogP contribution in [0, 0.1) is 11.6 Å². The lowest BCUT2D eigenvalue weighted by Gasteiger charge is -2.39. The predicted molar refractivity (Wildman–Crippen MR) is 101 cm³/mol. The van der Waals surface area contributed by atoms with Crippen molar-refractivity contribution >= 4 is 29.4 Å².